The zero-order valence-electron chi connectivity index (χ0n) is 12.8. The van der Waals surface area contributed by atoms with E-state index >= 15 is 0 Å². The molecule has 0 spiro atoms. The molecule has 21 heavy (non-hydrogen) atoms. The van der Waals surface area contributed by atoms with Gasteiger partial charge in [-0.2, -0.15) is 0 Å². The quantitative estimate of drug-likeness (QED) is 0.903. The highest BCUT2D eigenvalue weighted by molar-refractivity contribution is 5.37. The smallest absolute Gasteiger partial charge is 0.130 e. The second-order valence-corrected chi connectivity index (χ2v) is 6.21. The molecule has 0 aliphatic heterocycles. The van der Waals surface area contributed by atoms with E-state index in [1.54, 1.807) is 0 Å². The topological polar surface area (TPSA) is 35.2 Å². The number of ether oxygens (including phenoxy) is 1. The van der Waals surface area contributed by atoms with Crippen molar-refractivity contribution in [2.45, 2.75) is 32.6 Å². The summed E-state index contributed by atoms with van der Waals surface area (Å²) in [5.41, 5.74) is 7.69. The highest BCUT2D eigenvalue weighted by Crippen LogP contribution is 2.27. The maximum atomic E-state index is 13.6. The zero-order valence-corrected chi connectivity index (χ0v) is 12.8. The van der Waals surface area contributed by atoms with Gasteiger partial charge < -0.3 is 10.5 Å². The molecule has 0 heterocycles. The van der Waals surface area contributed by atoms with Crippen LogP contribution >= 0.6 is 0 Å². The van der Waals surface area contributed by atoms with Gasteiger partial charge in [-0.15, -0.1) is 0 Å². The monoisotopic (exact) mass is 287 g/mol. The maximum absolute atomic E-state index is 13.6. The number of hydrogen-bond donors (Lipinski definition) is 1. The molecule has 0 atom stereocenters. The van der Waals surface area contributed by atoms with E-state index in [2.05, 4.69) is 20.8 Å². The van der Waals surface area contributed by atoms with Crippen LogP contribution in [0.15, 0.2) is 42.5 Å². The molecule has 2 rings (SSSR count). The largest absolute Gasteiger partial charge is 0.457 e. The Morgan fingerprint density at radius 1 is 1.00 bits per heavy atom. The van der Waals surface area contributed by atoms with Gasteiger partial charge in [0.1, 0.15) is 17.3 Å². The second-order valence-electron chi connectivity index (χ2n) is 6.21. The molecule has 0 saturated heterocycles. The Balaban J connectivity index is 2.18. The number of rotatable bonds is 4. The average molecular weight is 287 g/mol. The fourth-order valence-corrected chi connectivity index (χ4v) is 2.15. The minimum absolute atomic E-state index is 0.103. The van der Waals surface area contributed by atoms with E-state index in [4.69, 9.17) is 10.5 Å². The van der Waals surface area contributed by atoms with Gasteiger partial charge in [-0.25, -0.2) is 4.39 Å². The molecule has 112 valence electrons. The molecule has 2 aromatic carbocycles. The van der Waals surface area contributed by atoms with E-state index in [1.807, 2.05) is 30.3 Å². The van der Waals surface area contributed by atoms with Crippen LogP contribution in [0.4, 0.5) is 4.39 Å². The summed E-state index contributed by atoms with van der Waals surface area (Å²) in [7, 11) is 0. The Labute approximate surface area is 125 Å². The normalized spacial score (nSPS) is 11.5. The molecule has 2 N–H and O–H groups in total. The number of hydrogen-bond acceptors (Lipinski definition) is 2. The first kappa shape index (κ1) is 15.5. The lowest BCUT2D eigenvalue weighted by atomic mass is 9.87. The van der Waals surface area contributed by atoms with Crippen LogP contribution in [0.3, 0.4) is 0 Å². The van der Waals surface area contributed by atoms with Gasteiger partial charge >= 0.3 is 0 Å². The molecule has 0 aliphatic carbocycles. The lowest BCUT2D eigenvalue weighted by Gasteiger charge is -2.19. The van der Waals surface area contributed by atoms with Crippen molar-refractivity contribution in [3.8, 4) is 11.5 Å². The van der Waals surface area contributed by atoms with E-state index in [0.717, 1.165) is 5.56 Å². The predicted octanol–water partition coefficient (Wildman–Crippen LogP) is 4.42. The van der Waals surface area contributed by atoms with Crippen molar-refractivity contribution in [3.63, 3.8) is 0 Å². The van der Waals surface area contributed by atoms with Crippen molar-refractivity contribution in [1.82, 2.24) is 0 Å². The summed E-state index contributed by atoms with van der Waals surface area (Å²) in [6, 6.07) is 12.6. The summed E-state index contributed by atoms with van der Waals surface area (Å²) in [6.45, 7) is 6.97. The molecule has 0 aliphatic rings. The zero-order chi connectivity index (χ0) is 15.5. The summed E-state index contributed by atoms with van der Waals surface area (Å²) in [5, 5.41) is 0. The van der Waals surface area contributed by atoms with Crippen LogP contribution in [0.5, 0.6) is 11.5 Å². The molecule has 0 saturated carbocycles. The standard InChI is InChI=1S/C18H22FNO/c1-18(2,3)14-4-6-16(7-5-14)21-17-11-13(8-9-20)10-15(19)12-17/h4-7,10-12H,8-9,20H2,1-3H3. The van der Waals surface area contributed by atoms with Crippen molar-refractivity contribution < 1.29 is 9.13 Å². The van der Waals surface area contributed by atoms with E-state index in [0.29, 0.717) is 24.5 Å². The number of nitrogens with two attached hydrogens (primary N) is 1. The van der Waals surface area contributed by atoms with Gasteiger partial charge in [0.25, 0.3) is 0 Å². The SMILES string of the molecule is CC(C)(C)c1ccc(Oc2cc(F)cc(CCN)c2)cc1. The highest BCUT2D eigenvalue weighted by Gasteiger charge is 2.13. The fourth-order valence-electron chi connectivity index (χ4n) is 2.15. The van der Waals surface area contributed by atoms with Crippen LogP contribution < -0.4 is 10.5 Å². The van der Waals surface area contributed by atoms with Gasteiger partial charge in [0, 0.05) is 6.07 Å². The van der Waals surface area contributed by atoms with Crippen LogP contribution in [0.1, 0.15) is 31.9 Å². The molecule has 0 unspecified atom stereocenters. The van der Waals surface area contributed by atoms with E-state index < -0.39 is 0 Å². The first-order valence-corrected chi connectivity index (χ1v) is 7.16. The van der Waals surface area contributed by atoms with Crippen molar-refractivity contribution in [2.24, 2.45) is 5.73 Å². The molecular formula is C18H22FNO. The third-order valence-electron chi connectivity index (χ3n) is 3.32. The molecular weight excluding hydrogens is 265 g/mol. The van der Waals surface area contributed by atoms with Crippen LogP contribution in [-0.2, 0) is 11.8 Å². The highest BCUT2D eigenvalue weighted by atomic mass is 19.1. The lowest BCUT2D eigenvalue weighted by Crippen LogP contribution is -2.10. The predicted molar refractivity (Wildman–Crippen MR) is 84.4 cm³/mol. The summed E-state index contributed by atoms with van der Waals surface area (Å²) in [5.74, 6) is 0.900. The van der Waals surface area contributed by atoms with Gasteiger partial charge in [0.05, 0.1) is 0 Å². The maximum Gasteiger partial charge on any atom is 0.130 e. The van der Waals surface area contributed by atoms with E-state index in [1.165, 1.54) is 17.7 Å². The van der Waals surface area contributed by atoms with Gasteiger partial charge in [-0.3, -0.25) is 0 Å². The van der Waals surface area contributed by atoms with Crippen molar-refractivity contribution in [2.75, 3.05) is 6.54 Å². The van der Waals surface area contributed by atoms with Gasteiger partial charge in [0.2, 0.25) is 0 Å². The van der Waals surface area contributed by atoms with Gasteiger partial charge in [-0.1, -0.05) is 32.9 Å². The minimum Gasteiger partial charge on any atom is -0.457 e. The van der Waals surface area contributed by atoms with Gasteiger partial charge in [0.15, 0.2) is 0 Å². The van der Waals surface area contributed by atoms with Crippen molar-refractivity contribution in [3.05, 3.63) is 59.4 Å². The average Bonchev–Trinajstić information content (AvgIpc) is 2.38. The van der Waals surface area contributed by atoms with E-state index in [9.17, 15) is 4.39 Å². The Kier molecular flexibility index (Phi) is 4.63. The van der Waals surface area contributed by atoms with Crippen molar-refractivity contribution in [1.29, 1.82) is 0 Å². The molecule has 3 heteroatoms. The summed E-state index contributed by atoms with van der Waals surface area (Å²) in [4.78, 5) is 0. The first-order valence-electron chi connectivity index (χ1n) is 7.16. The third-order valence-corrected chi connectivity index (χ3v) is 3.32. The third kappa shape index (κ3) is 4.30. The summed E-state index contributed by atoms with van der Waals surface area (Å²) >= 11 is 0. The molecule has 0 aromatic heterocycles. The number of benzene rings is 2. The molecule has 0 amide bonds. The molecule has 0 fully saturated rings. The Morgan fingerprint density at radius 2 is 1.67 bits per heavy atom. The lowest BCUT2D eigenvalue weighted by molar-refractivity contribution is 0.474. The summed E-state index contributed by atoms with van der Waals surface area (Å²) in [6.07, 6.45) is 0.636. The molecule has 0 radical (unpaired) electrons. The summed E-state index contributed by atoms with van der Waals surface area (Å²) < 4.78 is 19.3. The Morgan fingerprint density at radius 3 is 2.24 bits per heavy atom. The van der Waals surface area contributed by atoms with E-state index in [-0.39, 0.29) is 11.2 Å². The fraction of sp³-hybridized carbons (Fsp3) is 0.333. The Bertz CT molecular complexity index is 600. The van der Waals surface area contributed by atoms with Crippen LogP contribution in [0.2, 0.25) is 0 Å². The van der Waals surface area contributed by atoms with Crippen LogP contribution in [0.25, 0.3) is 0 Å². The first-order chi connectivity index (χ1) is 9.88. The van der Waals surface area contributed by atoms with Crippen LogP contribution in [0, 0.1) is 5.82 Å². The molecule has 2 nitrogen and oxygen atoms in total. The second kappa shape index (κ2) is 6.27. The van der Waals surface area contributed by atoms with Crippen LogP contribution in [-0.4, -0.2) is 6.54 Å². The minimum atomic E-state index is -0.303. The number of halogens is 1. The molecule has 2 aromatic rings. The Hall–Kier alpha value is -1.87. The van der Waals surface area contributed by atoms with Gasteiger partial charge in [-0.05, 0) is 53.8 Å². The van der Waals surface area contributed by atoms with Crippen molar-refractivity contribution >= 4 is 0 Å². The molecule has 0 bridgehead atoms.